The monoisotopic (exact) mass is 487 g/mol. The molecule has 1 heterocycles. The fourth-order valence-corrected chi connectivity index (χ4v) is 3.33. The van der Waals surface area contributed by atoms with Crippen molar-refractivity contribution < 1.29 is 40.6 Å². The lowest BCUT2D eigenvalue weighted by Crippen LogP contribution is -2.29. The first-order valence-corrected chi connectivity index (χ1v) is 9.72. The Morgan fingerprint density at radius 3 is 2.29 bits per heavy atom. The zero-order valence-corrected chi connectivity index (χ0v) is 18.1. The molecule has 0 fully saturated rings. The smallest absolute Gasteiger partial charge is 0.434 e. The summed E-state index contributed by atoms with van der Waals surface area (Å²) in [5.74, 6) is -0.306. The van der Waals surface area contributed by atoms with E-state index < -0.39 is 46.8 Å². The molecule has 12 heteroatoms. The van der Waals surface area contributed by atoms with Crippen LogP contribution in [0.2, 0.25) is 0 Å². The summed E-state index contributed by atoms with van der Waals surface area (Å²) in [6.07, 6.45) is -9.19. The van der Waals surface area contributed by atoms with Gasteiger partial charge >= 0.3 is 12.4 Å². The maximum atomic E-state index is 13.9. The number of methoxy groups -OCH3 is 2. The van der Waals surface area contributed by atoms with Crippen LogP contribution in [-0.2, 0) is 12.4 Å². The standard InChI is InChI=1S/C22H19F6N3O3/c1-12(16-8-7-15(33-2)10-18(16)34-3)30-20(32)17-11-29-31(19(17)22(26,27)28)14-6-4-5-13(9-14)21(23,24)25/h4-12H,1-3H3,(H,30,32). The number of amides is 1. The first kappa shape index (κ1) is 24.9. The van der Waals surface area contributed by atoms with Gasteiger partial charge in [-0.15, -0.1) is 0 Å². The van der Waals surface area contributed by atoms with Gasteiger partial charge in [-0.3, -0.25) is 4.79 Å². The van der Waals surface area contributed by atoms with Gasteiger partial charge in [0, 0.05) is 11.6 Å². The van der Waals surface area contributed by atoms with Crippen LogP contribution in [0, 0.1) is 0 Å². The van der Waals surface area contributed by atoms with E-state index in [1.54, 1.807) is 18.2 Å². The van der Waals surface area contributed by atoms with Crippen LogP contribution in [0.4, 0.5) is 26.3 Å². The Morgan fingerprint density at radius 1 is 1.00 bits per heavy atom. The van der Waals surface area contributed by atoms with Crippen LogP contribution < -0.4 is 14.8 Å². The highest BCUT2D eigenvalue weighted by Crippen LogP contribution is 2.36. The van der Waals surface area contributed by atoms with Gasteiger partial charge in [0.1, 0.15) is 11.5 Å². The van der Waals surface area contributed by atoms with Crippen LogP contribution >= 0.6 is 0 Å². The first-order valence-electron chi connectivity index (χ1n) is 9.72. The lowest BCUT2D eigenvalue weighted by molar-refractivity contribution is -0.143. The average Bonchev–Trinajstić information content (AvgIpc) is 3.24. The van der Waals surface area contributed by atoms with Gasteiger partial charge in [-0.25, -0.2) is 4.68 Å². The highest BCUT2D eigenvalue weighted by Gasteiger charge is 2.41. The molecule has 1 atom stereocenters. The van der Waals surface area contributed by atoms with E-state index in [9.17, 15) is 31.1 Å². The second-order valence-electron chi connectivity index (χ2n) is 7.17. The molecule has 0 radical (unpaired) electrons. The van der Waals surface area contributed by atoms with Crippen LogP contribution in [0.15, 0.2) is 48.7 Å². The van der Waals surface area contributed by atoms with Crippen molar-refractivity contribution >= 4 is 5.91 Å². The molecule has 1 N–H and O–H groups in total. The quantitative estimate of drug-likeness (QED) is 0.472. The number of ether oxygens (including phenoxy) is 2. The van der Waals surface area contributed by atoms with E-state index in [0.29, 0.717) is 29.3 Å². The van der Waals surface area contributed by atoms with Crippen molar-refractivity contribution in [1.29, 1.82) is 0 Å². The van der Waals surface area contributed by atoms with Gasteiger partial charge in [0.15, 0.2) is 5.69 Å². The van der Waals surface area contributed by atoms with Crippen molar-refractivity contribution in [2.75, 3.05) is 14.2 Å². The molecular formula is C22H19F6N3O3. The molecule has 3 aromatic rings. The van der Waals surface area contributed by atoms with Crippen molar-refractivity contribution in [3.63, 3.8) is 0 Å². The molecule has 0 saturated carbocycles. The molecule has 0 bridgehead atoms. The molecule has 1 aromatic heterocycles. The summed E-state index contributed by atoms with van der Waals surface area (Å²) in [5, 5.41) is 6.01. The van der Waals surface area contributed by atoms with Crippen LogP contribution in [0.25, 0.3) is 5.69 Å². The fraction of sp³-hybridized carbons (Fsp3) is 0.273. The molecule has 0 spiro atoms. The summed E-state index contributed by atoms with van der Waals surface area (Å²) < 4.78 is 91.4. The Hall–Kier alpha value is -3.70. The molecular weight excluding hydrogens is 468 g/mol. The van der Waals surface area contributed by atoms with Crippen molar-refractivity contribution in [2.24, 2.45) is 0 Å². The maximum Gasteiger partial charge on any atom is 0.434 e. The molecule has 0 aliphatic rings. The van der Waals surface area contributed by atoms with E-state index in [1.165, 1.54) is 21.1 Å². The third-order valence-electron chi connectivity index (χ3n) is 4.96. The number of rotatable bonds is 6. The highest BCUT2D eigenvalue weighted by molar-refractivity contribution is 5.95. The van der Waals surface area contributed by atoms with Crippen LogP contribution in [0.1, 0.15) is 40.1 Å². The van der Waals surface area contributed by atoms with Gasteiger partial charge in [0.2, 0.25) is 0 Å². The van der Waals surface area contributed by atoms with Gasteiger partial charge in [0.25, 0.3) is 5.91 Å². The van der Waals surface area contributed by atoms with Crippen LogP contribution in [-0.4, -0.2) is 29.9 Å². The van der Waals surface area contributed by atoms with Gasteiger partial charge in [-0.2, -0.15) is 31.4 Å². The SMILES string of the molecule is COc1ccc(C(C)NC(=O)c2cnn(-c3cccc(C(F)(F)F)c3)c2C(F)(F)F)c(OC)c1. The molecule has 182 valence electrons. The maximum absolute atomic E-state index is 13.9. The average molecular weight is 487 g/mol. The minimum Gasteiger partial charge on any atom is -0.497 e. The fourth-order valence-electron chi connectivity index (χ4n) is 3.33. The van der Waals surface area contributed by atoms with E-state index in [1.807, 2.05) is 0 Å². The van der Waals surface area contributed by atoms with E-state index >= 15 is 0 Å². The minimum absolute atomic E-state index is 0.267. The number of carbonyl (C=O) groups is 1. The highest BCUT2D eigenvalue weighted by atomic mass is 19.4. The first-order chi connectivity index (χ1) is 15.9. The Kier molecular flexibility index (Phi) is 6.80. The molecule has 1 amide bonds. The second kappa shape index (κ2) is 9.27. The zero-order valence-electron chi connectivity index (χ0n) is 18.1. The summed E-state index contributed by atoms with van der Waals surface area (Å²) in [6.45, 7) is 1.53. The normalized spacial score (nSPS) is 12.9. The van der Waals surface area contributed by atoms with E-state index in [-0.39, 0.29) is 4.68 Å². The summed E-state index contributed by atoms with van der Waals surface area (Å²) in [4.78, 5) is 12.8. The zero-order chi connectivity index (χ0) is 25.3. The number of carbonyl (C=O) groups excluding carboxylic acids is 1. The number of alkyl halides is 6. The van der Waals surface area contributed by atoms with Crippen LogP contribution in [0.5, 0.6) is 11.5 Å². The molecule has 1 unspecified atom stereocenters. The molecule has 0 aliphatic heterocycles. The number of hydrogen-bond donors (Lipinski definition) is 1. The molecule has 3 rings (SSSR count). The minimum atomic E-state index is -5.08. The molecule has 6 nitrogen and oxygen atoms in total. The summed E-state index contributed by atoms with van der Waals surface area (Å²) in [6, 6.07) is 7.16. The number of aromatic nitrogens is 2. The third kappa shape index (κ3) is 5.10. The van der Waals surface area contributed by atoms with Gasteiger partial charge in [-0.1, -0.05) is 6.07 Å². The second-order valence-corrected chi connectivity index (χ2v) is 7.17. The molecule has 34 heavy (non-hydrogen) atoms. The molecule has 2 aromatic carbocycles. The van der Waals surface area contributed by atoms with Gasteiger partial charge in [0.05, 0.1) is 43.3 Å². The predicted octanol–water partition coefficient (Wildman–Crippen LogP) is 5.42. The third-order valence-corrected chi connectivity index (χ3v) is 4.96. The van der Waals surface area contributed by atoms with Crippen molar-refractivity contribution in [2.45, 2.75) is 25.3 Å². The molecule has 0 saturated heterocycles. The van der Waals surface area contributed by atoms with Crippen molar-refractivity contribution in [3.8, 4) is 17.2 Å². The summed E-state index contributed by atoms with van der Waals surface area (Å²) >= 11 is 0. The number of nitrogens with one attached hydrogen (secondary N) is 1. The lowest BCUT2D eigenvalue weighted by atomic mass is 10.1. The summed E-state index contributed by atoms with van der Waals surface area (Å²) in [5.41, 5.74) is -3.52. The lowest BCUT2D eigenvalue weighted by Gasteiger charge is -2.19. The van der Waals surface area contributed by atoms with E-state index in [4.69, 9.17) is 9.47 Å². The topological polar surface area (TPSA) is 65.4 Å². The largest absolute Gasteiger partial charge is 0.497 e. The Labute approximate surface area is 190 Å². The Morgan fingerprint density at radius 2 is 1.71 bits per heavy atom. The van der Waals surface area contributed by atoms with E-state index in [2.05, 4.69) is 10.4 Å². The summed E-state index contributed by atoms with van der Waals surface area (Å²) in [7, 11) is 2.83. The number of nitrogens with zero attached hydrogens (tertiary/aromatic N) is 2. The van der Waals surface area contributed by atoms with Gasteiger partial charge in [-0.05, 0) is 37.3 Å². The molecule has 0 aliphatic carbocycles. The number of halogens is 6. The van der Waals surface area contributed by atoms with Crippen molar-refractivity contribution in [3.05, 3.63) is 71.0 Å². The Balaban J connectivity index is 1.98. The number of benzene rings is 2. The van der Waals surface area contributed by atoms with Gasteiger partial charge < -0.3 is 14.8 Å². The van der Waals surface area contributed by atoms with E-state index in [0.717, 1.165) is 18.2 Å². The number of hydrogen-bond acceptors (Lipinski definition) is 4. The van der Waals surface area contributed by atoms with Crippen molar-refractivity contribution in [1.82, 2.24) is 15.1 Å². The Bertz CT molecular complexity index is 1190. The predicted molar refractivity (Wildman–Crippen MR) is 109 cm³/mol. The van der Waals surface area contributed by atoms with Crippen LogP contribution in [0.3, 0.4) is 0 Å².